The summed E-state index contributed by atoms with van der Waals surface area (Å²) in [6.07, 6.45) is -0.104. The van der Waals surface area contributed by atoms with E-state index in [2.05, 4.69) is 20.6 Å². The predicted molar refractivity (Wildman–Crippen MR) is 68.4 cm³/mol. The van der Waals surface area contributed by atoms with Crippen LogP contribution < -0.4 is 15.5 Å². The summed E-state index contributed by atoms with van der Waals surface area (Å²) in [6.45, 7) is 3.84. The van der Waals surface area contributed by atoms with Gasteiger partial charge in [0, 0.05) is 20.2 Å². The first-order chi connectivity index (χ1) is 8.10. The van der Waals surface area contributed by atoms with Gasteiger partial charge in [-0.15, -0.1) is 0 Å². The Bertz CT molecular complexity index is 462. The molecule has 2 N–H and O–H groups in total. The number of rotatable bonds is 1. The van der Waals surface area contributed by atoms with Gasteiger partial charge in [0.1, 0.15) is 11.9 Å². The summed E-state index contributed by atoms with van der Waals surface area (Å²) in [5, 5.41) is 6.07. The van der Waals surface area contributed by atoms with Crippen LogP contribution in [0.25, 0.3) is 0 Å². The molecule has 17 heavy (non-hydrogen) atoms. The van der Waals surface area contributed by atoms with Gasteiger partial charge in [0.25, 0.3) is 0 Å². The first-order valence-electron chi connectivity index (χ1n) is 5.50. The van der Waals surface area contributed by atoms with Crippen molar-refractivity contribution in [2.24, 2.45) is 9.98 Å². The third-order valence-corrected chi connectivity index (χ3v) is 2.47. The highest BCUT2D eigenvalue weighted by molar-refractivity contribution is 6.06. The van der Waals surface area contributed by atoms with Crippen molar-refractivity contribution in [3.63, 3.8) is 0 Å². The van der Waals surface area contributed by atoms with E-state index in [4.69, 9.17) is 4.42 Å². The Morgan fingerprint density at radius 3 is 2.76 bits per heavy atom. The molecule has 0 saturated carbocycles. The zero-order chi connectivity index (χ0) is 12.4. The number of furan rings is 1. The predicted octanol–water partition coefficient (Wildman–Crippen LogP) is 0.905. The fourth-order valence-electron chi connectivity index (χ4n) is 1.57. The number of hydrogen-bond donors (Lipinski definition) is 2. The normalized spacial score (nSPS) is 19.2. The van der Waals surface area contributed by atoms with Crippen molar-refractivity contribution in [2.75, 3.05) is 19.0 Å². The molecule has 2 heterocycles. The van der Waals surface area contributed by atoms with Gasteiger partial charge in [-0.3, -0.25) is 10.2 Å². The zero-order valence-corrected chi connectivity index (χ0v) is 10.5. The van der Waals surface area contributed by atoms with Crippen LogP contribution >= 0.6 is 0 Å². The minimum atomic E-state index is -0.104. The lowest BCUT2D eigenvalue weighted by Crippen LogP contribution is -2.49. The van der Waals surface area contributed by atoms with Crippen LogP contribution in [0.1, 0.15) is 12.7 Å². The molecule has 0 amide bonds. The van der Waals surface area contributed by atoms with Crippen molar-refractivity contribution in [1.29, 1.82) is 0 Å². The van der Waals surface area contributed by atoms with Crippen LogP contribution in [0.15, 0.2) is 26.5 Å². The van der Waals surface area contributed by atoms with Crippen LogP contribution in [-0.2, 0) is 0 Å². The van der Waals surface area contributed by atoms with Crippen molar-refractivity contribution in [3.8, 4) is 0 Å². The number of anilines is 1. The number of nitrogens with zero attached hydrogens (tertiary/aromatic N) is 3. The standard InChI is InChI=1S/C11H17N5O/c1-7-5-6-9(17-7)16(4)11-14-8(2)13-10(12-3)15-11/h5-6,8H,1-4H3,(H2,12,13,14,15). The van der Waals surface area contributed by atoms with E-state index in [0.717, 1.165) is 11.6 Å². The Balaban J connectivity index is 2.18. The maximum Gasteiger partial charge on any atom is 0.209 e. The maximum atomic E-state index is 5.55. The fourth-order valence-corrected chi connectivity index (χ4v) is 1.57. The summed E-state index contributed by atoms with van der Waals surface area (Å²) in [7, 11) is 3.72. The minimum Gasteiger partial charge on any atom is -0.445 e. The van der Waals surface area contributed by atoms with E-state index >= 15 is 0 Å². The first kappa shape index (κ1) is 11.5. The topological polar surface area (TPSA) is 65.2 Å². The molecule has 1 aliphatic rings. The van der Waals surface area contributed by atoms with Crippen molar-refractivity contribution >= 4 is 17.8 Å². The molecule has 0 spiro atoms. The molecule has 0 saturated heterocycles. The SMILES string of the molecule is CNC1=NC(C)N=C(N(C)c2ccc(C)o2)N1. The average molecular weight is 235 g/mol. The molecule has 1 unspecified atom stereocenters. The minimum absolute atomic E-state index is 0.104. The van der Waals surface area contributed by atoms with Gasteiger partial charge >= 0.3 is 0 Å². The lowest BCUT2D eigenvalue weighted by Gasteiger charge is -2.24. The Morgan fingerprint density at radius 2 is 2.18 bits per heavy atom. The van der Waals surface area contributed by atoms with Crippen LogP contribution in [0.5, 0.6) is 0 Å². The Kier molecular flexibility index (Phi) is 3.03. The first-order valence-corrected chi connectivity index (χ1v) is 5.50. The lowest BCUT2D eigenvalue weighted by atomic mass is 10.5. The monoisotopic (exact) mass is 235 g/mol. The molecule has 92 valence electrons. The second-order valence-electron chi connectivity index (χ2n) is 3.88. The van der Waals surface area contributed by atoms with Gasteiger partial charge in [0.05, 0.1) is 0 Å². The second kappa shape index (κ2) is 4.48. The van der Waals surface area contributed by atoms with E-state index < -0.39 is 0 Å². The van der Waals surface area contributed by atoms with Gasteiger partial charge in [-0.05, 0) is 19.9 Å². The fraction of sp³-hybridized carbons (Fsp3) is 0.455. The summed E-state index contributed by atoms with van der Waals surface area (Å²) in [6, 6.07) is 3.83. The van der Waals surface area contributed by atoms with E-state index in [0.29, 0.717) is 11.9 Å². The molecular weight excluding hydrogens is 218 g/mol. The quantitative estimate of drug-likeness (QED) is 0.759. The molecule has 6 heteroatoms. The van der Waals surface area contributed by atoms with Crippen molar-refractivity contribution in [3.05, 3.63) is 17.9 Å². The second-order valence-corrected chi connectivity index (χ2v) is 3.88. The largest absolute Gasteiger partial charge is 0.445 e. The lowest BCUT2D eigenvalue weighted by molar-refractivity contribution is 0.538. The zero-order valence-electron chi connectivity index (χ0n) is 10.5. The highest BCUT2D eigenvalue weighted by Gasteiger charge is 2.18. The van der Waals surface area contributed by atoms with Gasteiger partial charge in [0.15, 0.2) is 5.96 Å². The highest BCUT2D eigenvalue weighted by atomic mass is 16.4. The van der Waals surface area contributed by atoms with E-state index in [1.807, 2.05) is 45.0 Å². The van der Waals surface area contributed by atoms with Gasteiger partial charge in [0.2, 0.25) is 11.8 Å². The van der Waals surface area contributed by atoms with E-state index in [9.17, 15) is 0 Å². The number of hydrogen-bond acceptors (Lipinski definition) is 6. The maximum absolute atomic E-state index is 5.55. The van der Waals surface area contributed by atoms with Crippen LogP contribution in [0.2, 0.25) is 0 Å². The molecule has 2 rings (SSSR count). The average Bonchev–Trinajstić information content (AvgIpc) is 2.74. The van der Waals surface area contributed by atoms with E-state index in [1.165, 1.54) is 0 Å². The summed E-state index contributed by atoms with van der Waals surface area (Å²) in [5.74, 6) is 3.04. The van der Waals surface area contributed by atoms with Crippen molar-refractivity contribution in [1.82, 2.24) is 10.6 Å². The number of guanidine groups is 2. The third-order valence-electron chi connectivity index (χ3n) is 2.47. The summed E-state index contributed by atoms with van der Waals surface area (Å²) in [5.41, 5.74) is 0. The molecular formula is C11H17N5O. The van der Waals surface area contributed by atoms with E-state index in [-0.39, 0.29) is 6.17 Å². The summed E-state index contributed by atoms with van der Waals surface area (Å²) >= 11 is 0. The molecule has 1 atom stereocenters. The van der Waals surface area contributed by atoms with Crippen molar-refractivity contribution in [2.45, 2.75) is 20.0 Å². The molecule has 0 bridgehead atoms. The molecule has 1 aromatic heterocycles. The highest BCUT2D eigenvalue weighted by Crippen LogP contribution is 2.17. The summed E-state index contributed by atoms with van der Waals surface area (Å²) in [4.78, 5) is 10.5. The molecule has 0 fully saturated rings. The van der Waals surface area contributed by atoms with Crippen molar-refractivity contribution < 1.29 is 4.42 Å². The molecule has 1 aliphatic heterocycles. The van der Waals surface area contributed by atoms with E-state index in [1.54, 1.807) is 0 Å². The smallest absolute Gasteiger partial charge is 0.209 e. The van der Waals surface area contributed by atoms with Crippen LogP contribution in [-0.4, -0.2) is 32.2 Å². The molecule has 0 aliphatic carbocycles. The third kappa shape index (κ3) is 2.41. The molecule has 0 radical (unpaired) electrons. The Labute approximate surface area is 100 Å². The molecule has 6 nitrogen and oxygen atoms in total. The van der Waals surface area contributed by atoms with Crippen LogP contribution in [0.3, 0.4) is 0 Å². The van der Waals surface area contributed by atoms with Gasteiger partial charge in [-0.25, -0.2) is 9.98 Å². The Hall–Kier alpha value is -1.98. The van der Waals surface area contributed by atoms with Gasteiger partial charge in [-0.2, -0.15) is 0 Å². The van der Waals surface area contributed by atoms with Gasteiger partial charge < -0.3 is 9.73 Å². The Morgan fingerprint density at radius 1 is 1.41 bits per heavy atom. The van der Waals surface area contributed by atoms with Crippen LogP contribution in [0, 0.1) is 6.92 Å². The molecule has 1 aromatic rings. The van der Waals surface area contributed by atoms with Gasteiger partial charge in [-0.1, -0.05) is 0 Å². The molecule has 0 aromatic carbocycles. The number of aliphatic imine (C=N–C) groups is 2. The van der Waals surface area contributed by atoms with Crippen LogP contribution in [0.4, 0.5) is 5.88 Å². The summed E-state index contributed by atoms with van der Waals surface area (Å²) < 4.78 is 5.55. The number of aryl methyl sites for hydroxylation is 1. The number of nitrogens with one attached hydrogen (secondary N) is 2.